The van der Waals surface area contributed by atoms with Gasteiger partial charge in [-0.25, -0.2) is 9.59 Å². The zero-order valence-electron chi connectivity index (χ0n) is 24.8. The van der Waals surface area contributed by atoms with Crippen LogP contribution in [0.5, 0.6) is 17.2 Å². The molecule has 0 radical (unpaired) electrons. The molecule has 0 aliphatic heterocycles. The third-order valence-electron chi connectivity index (χ3n) is 7.50. The number of hydrogen-bond donors (Lipinski definition) is 4. The lowest BCUT2D eigenvalue weighted by atomic mass is 9.94. The van der Waals surface area contributed by atoms with E-state index in [1.54, 1.807) is 12.1 Å². The molecule has 0 aliphatic carbocycles. The second-order valence-corrected chi connectivity index (χ2v) is 11.1. The summed E-state index contributed by atoms with van der Waals surface area (Å²) < 4.78 is 6.41. The normalized spacial score (nSPS) is 11.0. The van der Waals surface area contributed by atoms with Gasteiger partial charge in [0.15, 0.2) is 0 Å². The number of carboxylic acids is 2. The molecule has 226 valence electrons. The lowest BCUT2D eigenvalue weighted by Gasteiger charge is -2.18. The van der Waals surface area contributed by atoms with Crippen molar-refractivity contribution in [2.24, 2.45) is 0 Å². The van der Waals surface area contributed by atoms with Crippen LogP contribution < -0.4 is 4.74 Å². The van der Waals surface area contributed by atoms with Gasteiger partial charge in [-0.3, -0.25) is 0 Å². The van der Waals surface area contributed by atoms with Gasteiger partial charge in [0.2, 0.25) is 0 Å². The van der Waals surface area contributed by atoms with Crippen LogP contribution in [-0.2, 0) is 12.8 Å². The number of carboxylic acid groups (broad SMARTS) is 2. The molecule has 0 atom stereocenters. The van der Waals surface area contributed by atoms with E-state index < -0.39 is 11.9 Å². The Bertz CT molecular complexity index is 1260. The number of unbranched alkanes of at least 4 members (excludes halogenated alkanes) is 9. The van der Waals surface area contributed by atoms with Crippen LogP contribution in [0.25, 0.3) is 0 Å². The summed E-state index contributed by atoms with van der Waals surface area (Å²) in [6.07, 6.45) is 13.0. The molecule has 7 heteroatoms. The Labute approximate surface area is 248 Å². The number of aryl methyl sites for hydroxylation is 1. The quantitative estimate of drug-likeness (QED) is 0.112. The lowest BCUT2D eigenvalue weighted by molar-refractivity contribution is 0.0682. The molecule has 0 aliphatic rings. The summed E-state index contributed by atoms with van der Waals surface area (Å²) >= 11 is 0. The number of aromatic carboxylic acids is 2. The zero-order valence-corrected chi connectivity index (χ0v) is 24.8. The number of carbonyl (C=O) groups is 2. The largest absolute Gasteiger partial charge is 0.507 e. The standard InChI is InChI=1S/C35H44O7/c1-3-4-5-6-7-8-9-10-11-12-17-42-33-27(20-25-13-15-31(36)29(22-25)34(38)39)18-24(2)19-28(33)21-26-14-16-32(37)30(23-26)35(40)41/h13-16,18-19,22-23,36-37H,3-12,17,20-21H2,1-2H3,(H,38,39)(H,40,41). The number of benzene rings is 3. The first-order valence-electron chi connectivity index (χ1n) is 15.0. The van der Waals surface area contributed by atoms with Crippen LogP contribution >= 0.6 is 0 Å². The average molecular weight is 577 g/mol. The third-order valence-corrected chi connectivity index (χ3v) is 7.50. The van der Waals surface area contributed by atoms with E-state index in [-0.39, 0.29) is 22.6 Å². The second-order valence-electron chi connectivity index (χ2n) is 11.1. The van der Waals surface area contributed by atoms with Crippen LogP contribution in [0.3, 0.4) is 0 Å². The highest BCUT2D eigenvalue weighted by Gasteiger charge is 2.17. The zero-order chi connectivity index (χ0) is 30.5. The average Bonchev–Trinajstić information content (AvgIpc) is 2.94. The predicted molar refractivity (Wildman–Crippen MR) is 164 cm³/mol. The Hall–Kier alpha value is -4.00. The fourth-order valence-corrected chi connectivity index (χ4v) is 5.31. The molecule has 0 aromatic heterocycles. The topological polar surface area (TPSA) is 124 Å². The molecule has 0 fully saturated rings. The molecule has 0 bridgehead atoms. The summed E-state index contributed by atoms with van der Waals surface area (Å²) in [6.45, 7) is 4.74. The molecular weight excluding hydrogens is 532 g/mol. The van der Waals surface area contributed by atoms with Gasteiger partial charge in [0, 0.05) is 12.8 Å². The summed E-state index contributed by atoms with van der Waals surface area (Å²) in [6, 6.07) is 13.2. The maximum absolute atomic E-state index is 11.6. The smallest absolute Gasteiger partial charge is 0.339 e. The molecule has 0 spiro atoms. The predicted octanol–water partition coefficient (Wildman–Crippen LogP) is 8.28. The van der Waals surface area contributed by atoms with Crippen molar-refractivity contribution in [3.8, 4) is 17.2 Å². The number of aromatic hydroxyl groups is 2. The highest BCUT2D eigenvalue weighted by Crippen LogP contribution is 2.32. The van der Waals surface area contributed by atoms with Gasteiger partial charge in [-0.2, -0.15) is 0 Å². The summed E-state index contributed by atoms with van der Waals surface area (Å²) in [4.78, 5) is 23.2. The van der Waals surface area contributed by atoms with Crippen LogP contribution in [0.2, 0.25) is 0 Å². The molecule has 4 N–H and O–H groups in total. The van der Waals surface area contributed by atoms with E-state index in [1.165, 1.54) is 75.6 Å². The van der Waals surface area contributed by atoms with Gasteiger partial charge in [-0.15, -0.1) is 0 Å². The minimum absolute atomic E-state index is 0.154. The van der Waals surface area contributed by atoms with Crippen LogP contribution in [0.1, 0.15) is 120 Å². The number of hydrogen-bond acceptors (Lipinski definition) is 5. The van der Waals surface area contributed by atoms with Gasteiger partial charge in [0.05, 0.1) is 6.61 Å². The molecule has 42 heavy (non-hydrogen) atoms. The highest BCUT2D eigenvalue weighted by molar-refractivity contribution is 5.91. The van der Waals surface area contributed by atoms with Crippen LogP contribution in [-0.4, -0.2) is 39.0 Å². The van der Waals surface area contributed by atoms with E-state index in [2.05, 4.69) is 6.92 Å². The lowest BCUT2D eigenvalue weighted by Crippen LogP contribution is -2.07. The minimum atomic E-state index is -1.20. The van der Waals surface area contributed by atoms with Gasteiger partial charge in [0.25, 0.3) is 0 Å². The number of ether oxygens (including phenoxy) is 1. The van der Waals surface area contributed by atoms with Gasteiger partial charge in [0.1, 0.15) is 28.4 Å². The number of phenols is 2. The molecular formula is C35H44O7. The molecule has 0 amide bonds. The monoisotopic (exact) mass is 576 g/mol. The van der Waals surface area contributed by atoms with E-state index in [0.717, 1.165) is 40.7 Å². The van der Waals surface area contributed by atoms with Gasteiger partial charge >= 0.3 is 11.9 Å². The van der Waals surface area contributed by atoms with Gasteiger partial charge in [-0.05, 0) is 59.9 Å². The molecule has 3 aromatic carbocycles. The molecule has 0 unspecified atom stereocenters. The maximum Gasteiger partial charge on any atom is 0.339 e. The summed E-state index contributed by atoms with van der Waals surface area (Å²) in [5.74, 6) is -2.26. The first kappa shape index (κ1) is 32.5. The van der Waals surface area contributed by atoms with Crippen LogP contribution in [0.4, 0.5) is 0 Å². The van der Waals surface area contributed by atoms with E-state index in [4.69, 9.17) is 4.74 Å². The molecule has 3 aromatic rings. The Morgan fingerprint density at radius 1 is 0.643 bits per heavy atom. The van der Waals surface area contributed by atoms with Crippen LogP contribution in [0, 0.1) is 6.92 Å². The van der Waals surface area contributed by atoms with Crippen LogP contribution in [0.15, 0.2) is 48.5 Å². The minimum Gasteiger partial charge on any atom is -0.507 e. The van der Waals surface area contributed by atoms with E-state index in [1.807, 2.05) is 19.1 Å². The molecule has 0 saturated carbocycles. The summed E-state index contributed by atoms with van der Waals surface area (Å²) in [5, 5.41) is 38.9. The van der Waals surface area contributed by atoms with Gasteiger partial charge < -0.3 is 25.2 Å². The van der Waals surface area contributed by atoms with Crippen molar-refractivity contribution in [1.82, 2.24) is 0 Å². The Morgan fingerprint density at radius 2 is 1.07 bits per heavy atom. The Morgan fingerprint density at radius 3 is 1.50 bits per heavy atom. The van der Waals surface area contributed by atoms with Crippen molar-refractivity contribution in [2.75, 3.05) is 6.61 Å². The fourth-order valence-electron chi connectivity index (χ4n) is 5.31. The summed E-state index contributed by atoms with van der Waals surface area (Å²) in [5.41, 5.74) is 3.90. The second kappa shape index (κ2) is 16.4. The van der Waals surface area contributed by atoms with Crippen molar-refractivity contribution in [3.05, 3.63) is 87.5 Å². The van der Waals surface area contributed by atoms with Crippen molar-refractivity contribution < 1.29 is 34.8 Å². The first-order valence-corrected chi connectivity index (χ1v) is 15.0. The fraction of sp³-hybridized carbons (Fsp3) is 0.429. The summed E-state index contributed by atoms with van der Waals surface area (Å²) in [7, 11) is 0. The highest BCUT2D eigenvalue weighted by atomic mass is 16.5. The molecule has 7 nitrogen and oxygen atoms in total. The molecule has 0 saturated heterocycles. The van der Waals surface area contributed by atoms with E-state index in [9.17, 15) is 30.0 Å². The Kier molecular flexibility index (Phi) is 12.7. The van der Waals surface area contributed by atoms with E-state index in [0.29, 0.717) is 25.2 Å². The van der Waals surface area contributed by atoms with E-state index >= 15 is 0 Å². The van der Waals surface area contributed by atoms with Crippen molar-refractivity contribution in [2.45, 2.75) is 90.9 Å². The first-order chi connectivity index (χ1) is 20.2. The maximum atomic E-state index is 11.6. The van der Waals surface area contributed by atoms with Gasteiger partial charge in [-0.1, -0.05) is 94.5 Å². The van der Waals surface area contributed by atoms with Crippen molar-refractivity contribution in [3.63, 3.8) is 0 Å². The molecule has 3 rings (SSSR count). The molecule has 0 heterocycles. The third kappa shape index (κ3) is 9.82. The Balaban J connectivity index is 1.78. The number of rotatable bonds is 18. The SMILES string of the molecule is CCCCCCCCCCCCOc1c(Cc2ccc(O)c(C(=O)O)c2)cc(C)cc1Cc1ccc(O)c(C(=O)O)c1. The van der Waals surface area contributed by atoms with Crippen molar-refractivity contribution in [1.29, 1.82) is 0 Å². The van der Waals surface area contributed by atoms with Crippen molar-refractivity contribution >= 4 is 11.9 Å².